The molecule has 1 aromatic heterocycles. The second-order valence-electron chi connectivity index (χ2n) is 4.90. The Hall–Kier alpha value is -1.54. The molecule has 0 saturated carbocycles. The Balaban J connectivity index is 2.84. The highest BCUT2D eigenvalue weighted by Crippen LogP contribution is 2.26. The van der Waals surface area contributed by atoms with Gasteiger partial charge in [0.15, 0.2) is 0 Å². The van der Waals surface area contributed by atoms with Crippen LogP contribution in [-0.4, -0.2) is 22.7 Å². The maximum absolute atomic E-state index is 11.8. The van der Waals surface area contributed by atoms with Crippen molar-refractivity contribution in [1.29, 1.82) is 5.26 Å². The van der Waals surface area contributed by atoms with Crippen molar-refractivity contribution in [1.82, 2.24) is 10.3 Å². The van der Waals surface area contributed by atoms with Crippen molar-refractivity contribution in [3.8, 4) is 6.07 Å². The molecule has 0 aliphatic carbocycles. The van der Waals surface area contributed by atoms with Crippen LogP contribution in [0.25, 0.3) is 0 Å². The van der Waals surface area contributed by atoms with E-state index >= 15 is 0 Å². The molecular formula is C15H21N3OS. The van der Waals surface area contributed by atoms with Gasteiger partial charge in [0.2, 0.25) is 5.91 Å². The molecule has 0 fully saturated rings. The lowest BCUT2D eigenvalue weighted by molar-refractivity contribution is -0.119. The average molecular weight is 291 g/mol. The molecule has 0 radical (unpaired) electrons. The van der Waals surface area contributed by atoms with E-state index in [-0.39, 0.29) is 17.7 Å². The summed E-state index contributed by atoms with van der Waals surface area (Å²) in [6.07, 6.45) is 0.904. The first-order valence-electron chi connectivity index (χ1n) is 6.70. The fourth-order valence-corrected chi connectivity index (χ4v) is 2.60. The fourth-order valence-electron chi connectivity index (χ4n) is 1.70. The highest BCUT2D eigenvalue weighted by atomic mass is 32.2. The van der Waals surface area contributed by atoms with Gasteiger partial charge in [-0.25, -0.2) is 4.98 Å². The van der Waals surface area contributed by atoms with Crippen LogP contribution in [0.1, 0.15) is 42.7 Å². The Kier molecular flexibility index (Phi) is 6.03. The minimum Gasteiger partial charge on any atom is -0.353 e. The zero-order chi connectivity index (χ0) is 15.3. The van der Waals surface area contributed by atoms with Crippen LogP contribution >= 0.6 is 11.8 Å². The average Bonchev–Trinajstić information content (AvgIpc) is 2.42. The molecule has 1 heterocycles. The van der Waals surface area contributed by atoms with Gasteiger partial charge in [-0.05, 0) is 45.2 Å². The van der Waals surface area contributed by atoms with Gasteiger partial charge >= 0.3 is 0 Å². The molecule has 4 nitrogen and oxygen atoms in total. The standard InChI is InChI=1S/C15H21N3OS/c1-6-9(2)17-14(19)8-20-15-13(7-16)11(4)10(3)12(5)18-15/h9H,6,8H2,1-5H3,(H,17,19). The third-order valence-corrected chi connectivity index (χ3v) is 4.41. The quantitative estimate of drug-likeness (QED) is 0.847. The number of pyridine rings is 1. The molecule has 108 valence electrons. The second kappa shape index (κ2) is 7.30. The van der Waals surface area contributed by atoms with E-state index in [2.05, 4.69) is 16.4 Å². The summed E-state index contributed by atoms with van der Waals surface area (Å²) < 4.78 is 0. The Morgan fingerprint density at radius 2 is 2.05 bits per heavy atom. The lowest BCUT2D eigenvalue weighted by Gasteiger charge is -2.13. The van der Waals surface area contributed by atoms with Gasteiger partial charge in [-0.3, -0.25) is 4.79 Å². The van der Waals surface area contributed by atoms with E-state index in [1.165, 1.54) is 11.8 Å². The van der Waals surface area contributed by atoms with Gasteiger partial charge in [0, 0.05) is 11.7 Å². The SMILES string of the molecule is CCC(C)NC(=O)CSc1nc(C)c(C)c(C)c1C#N. The Bertz CT molecular complexity index is 549. The summed E-state index contributed by atoms with van der Waals surface area (Å²) >= 11 is 1.32. The van der Waals surface area contributed by atoms with E-state index in [1.54, 1.807) is 0 Å². The molecule has 0 aliphatic rings. The number of rotatable bonds is 5. The molecule has 0 aromatic carbocycles. The van der Waals surface area contributed by atoms with E-state index in [0.717, 1.165) is 23.2 Å². The summed E-state index contributed by atoms with van der Waals surface area (Å²) in [5.74, 6) is 0.263. The van der Waals surface area contributed by atoms with Crippen molar-refractivity contribution in [3.63, 3.8) is 0 Å². The number of nitrogens with one attached hydrogen (secondary N) is 1. The summed E-state index contributed by atoms with van der Waals surface area (Å²) in [7, 11) is 0. The molecule has 1 aromatic rings. The molecular weight excluding hydrogens is 270 g/mol. The minimum absolute atomic E-state index is 0.0223. The van der Waals surface area contributed by atoms with Gasteiger partial charge < -0.3 is 5.32 Å². The molecule has 1 unspecified atom stereocenters. The molecule has 1 amide bonds. The number of nitriles is 1. The number of aromatic nitrogens is 1. The number of aryl methyl sites for hydroxylation is 1. The first kappa shape index (κ1) is 16.5. The lowest BCUT2D eigenvalue weighted by Crippen LogP contribution is -2.33. The molecule has 0 aliphatic heterocycles. The van der Waals surface area contributed by atoms with Crippen molar-refractivity contribution >= 4 is 17.7 Å². The fraction of sp³-hybridized carbons (Fsp3) is 0.533. The molecule has 0 saturated heterocycles. The van der Waals surface area contributed by atoms with E-state index in [4.69, 9.17) is 0 Å². The third-order valence-electron chi connectivity index (χ3n) is 3.43. The van der Waals surface area contributed by atoms with E-state index in [9.17, 15) is 10.1 Å². The van der Waals surface area contributed by atoms with Crippen molar-refractivity contribution in [2.75, 3.05) is 5.75 Å². The van der Waals surface area contributed by atoms with Gasteiger partial charge in [0.25, 0.3) is 0 Å². The second-order valence-corrected chi connectivity index (χ2v) is 5.87. The highest BCUT2D eigenvalue weighted by molar-refractivity contribution is 8.00. The number of hydrogen-bond acceptors (Lipinski definition) is 4. The summed E-state index contributed by atoms with van der Waals surface area (Å²) in [6.45, 7) is 9.81. The van der Waals surface area contributed by atoms with Crippen molar-refractivity contribution < 1.29 is 4.79 Å². The largest absolute Gasteiger partial charge is 0.353 e. The maximum Gasteiger partial charge on any atom is 0.230 e. The molecule has 5 heteroatoms. The molecule has 1 atom stereocenters. The van der Waals surface area contributed by atoms with Crippen LogP contribution in [0.4, 0.5) is 0 Å². The van der Waals surface area contributed by atoms with Crippen LogP contribution in [0, 0.1) is 32.1 Å². The van der Waals surface area contributed by atoms with Crippen molar-refractivity contribution in [3.05, 3.63) is 22.4 Å². The normalized spacial score (nSPS) is 11.8. The maximum atomic E-state index is 11.8. The predicted molar refractivity (Wildman–Crippen MR) is 81.8 cm³/mol. The number of thioether (sulfide) groups is 1. The summed E-state index contributed by atoms with van der Waals surface area (Å²) in [4.78, 5) is 16.2. The smallest absolute Gasteiger partial charge is 0.230 e. The first-order chi connectivity index (χ1) is 9.40. The summed E-state index contributed by atoms with van der Waals surface area (Å²) in [5.41, 5.74) is 3.47. The number of nitrogens with zero attached hydrogens (tertiary/aromatic N) is 2. The topological polar surface area (TPSA) is 65.8 Å². The lowest BCUT2D eigenvalue weighted by atomic mass is 10.1. The molecule has 0 spiro atoms. The van der Waals surface area contributed by atoms with Crippen LogP contribution in [0.15, 0.2) is 5.03 Å². The van der Waals surface area contributed by atoms with Crippen LogP contribution in [0.3, 0.4) is 0 Å². The molecule has 1 rings (SSSR count). The summed E-state index contributed by atoms with van der Waals surface area (Å²) in [6, 6.07) is 2.37. The number of carbonyl (C=O) groups excluding carboxylic acids is 1. The Morgan fingerprint density at radius 3 is 2.60 bits per heavy atom. The van der Waals surface area contributed by atoms with Gasteiger partial charge in [-0.15, -0.1) is 0 Å². The minimum atomic E-state index is -0.0223. The van der Waals surface area contributed by atoms with Crippen molar-refractivity contribution in [2.24, 2.45) is 0 Å². The van der Waals surface area contributed by atoms with Crippen LogP contribution < -0.4 is 5.32 Å². The van der Waals surface area contributed by atoms with Gasteiger partial charge in [0.05, 0.1) is 11.3 Å². The number of hydrogen-bond donors (Lipinski definition) is 1. The summed E-state index contributed by atoms with van der Waals surface area (Å²) in [5, 5.41) is 12.8. The number of carbonyl (C=O) groups is 1. The molecule has 0 bridgehead atoms. The third kappa shape index (κ3) is 3.97. The van der Waals surface area contributed by atoms with E-state index in [1.807, 2.05) is 34.6 Å². The van der Waals surface area contributed by atoms with Crippen LogP contribution in [0.5, 0.6) is 0 Å². The Labute approximate surface area is 125 Å². The zero-order valence-corrected chi connectivity index (χ0v) is 13.5. The highest BCUT2D eigenvalue weighted by Gasteiger charge is 2.14. The zero-order valence-electron chi connectivity index (χ0n) is 12.7. The van der Waals surface area contributed by atoms with Crippen LogP contribution in [-0.2, 0) is 4.79 Å². The van der Waals surface area contributed by atoms with Gasteiger partial charge in [-0.2, -0.15) is 5.26 Å². The van der Waals surface area contributed by atoms with Crippen LogP contribution in [0.2, 0.25) is 0 Å². The van der Waals surface area contributed by atoms with Gasteiger partial charge in [0.1, 0.15) is 11.1 Å². The predicted octanol–water partition coefficient (Wildman–Crippen LogP) is 2.89. The van der Waals surface area contributed by atoms with E-state index in [0.29, 0.717) is 10.6 Å². The molecule has 20 heavy (non-hydrogen) atoms. The van der Waals surface area contributed by atoms with Crippen molar-refractivity contribution in [2.45, 2.75) is 52.1 Å². The molecule has 1 N–H and O–H groups in total. The number of amides is 1. The van der Waals surface area contributed by atoms with E-state index < -0.39 is 0 Å². The van der Waals surface area contributed by atoms with Gasteiger partial charge in [-0.1, -0.05) is 18.7 Å². The Morgan fingerprint density at radius 1 is 1.40 bits per heavy atom. The monoisotopic (exact) mass is 291 g/mol. The first-order valence-corrected chi connectivity index (χ1v) is 7.69.